The molecule has 1 N–H and O–H groups in total. The van der Waals surface area contributed by atoms with Crippen LogP contribution in [0, 0.1) is 11.8 Å². The molecule has 0 heterocycles. The van der Waals surface area contributed by atoms with Gasteiger partial charge < -0.3 is 14.8 Å². The fourth-order valence-electron chi connectivity index (χ4n) is 5.85. The van der Waals surface area contributed by atoms with Crippen LogP contribution in [0.5, 0.6) is 0 Å². The van der Waals surface area contributed by atoms with E-state index in [4.69, 9.17) is 9.47 Å². The second-order valence-electron chi connectivity index (χ2n) is 9.78. The molecule has 0 saturated heterocycles. The third-order valence-electron chi connectivity index (χ3n) is 7.65. The number of Topliss-reactive ketones (excluding diaryl/α,β-unsaturated/α-hetero) is 1. The summed E-state index contributed by atoms with van der Waals surface area (Å²) in [7, 11) is 1.35. The van der Waals surface area contributed by atoms with Crippen LogP contribution in [0.3, 0.4) is 0 Å². The van der Waals surface area contributed by atoms with Crippen molar-refractivity contribution in [2.45, 2.75) is 37.6 Å². The number of alkyl carbamates (subject to hydrolysis) is 1. The first-order valence-corrected chi connectivity index (χ1v) is 12.8. The third kappa shape index (κ3) is 5.15. The lowest BCUT2D eigenvalue weighted by Gasteiger charge is -2.24. The van der Waals surface area contributed by atoms with Crippen LogP contribution in [0.15, 0.2) is 78.9 Å². The van der Waals surface area contributed by atoms with Crippen molar-refractivity contribution in [3.63, 3.8) is 0 Å². The monoisotopic (exact) mass is 497 g/mol. The summed E-state index contributed by atoms with van der Waals surface area (Å²) < 4.78 is 10.7. The van der Waals surface area contributed by atoms with Gasteiger partial charge >= 0.3 is 12.1 Å². The first kappa shape index (κ1) is 24.8. The number of carbonyl (C=O) groups is 3. The number of carbonyl (C=O) groups excluding carboxylic acids is 3. The van der Waals surface area contributed by atoms with Gasteiger partial charge in [-0.1, -0.05) is 85.3 Å². The van der Waals surface area contributed by atoms with E-state index in [-0.39, 0.29) is 24.3 Å². The second kappa shape index (κ2) is 11.0. The molecule has 5 rings (SSSR count). The van der Waals surface area contributed by atoms with E-state index >= 15 is 0 Å². The van der Waals surface area contributed by atoms with E-state index in [1.807, 2.05) is 54.6 Å². The van der Waals surface area contributed by atoms with Gasteiger partial charge in [0, 0.05) is 11.8 Å². The molecule has 0 aliphatic heterocycles. The lowest BCUT2D eigenvalue weighted by atomic mass is 9.86. The molecule has 2 aliphatic carbocycles. The zero-order valence-electron chi connectivity index (χ0n) is 20.9. The van der Waals surface area contributed by atoms with Gasteiger partial charge in [0.05, 0.1) is 19.1 Å². The molecule has 1 saturated carbocycles. The van der Waals surface area contributed by atoms with Crippen LogP contribution < -0.4 is 5.32 Å². The van der Waals surface area contributed by atoms with E-state index in [2.05, 4.69) is 29.6 Å². The van der Waals surface area contributed by atoms with Gasteiger partial charge in [0.2, 0.25) is 0 Å². The molecule has 3 atom stereocenters. The fourth-order valence-corrected chi connectivity index (χ4v) is 5.85. The predicted molar refractivity (Wildman–Crippen MR) is 140 cm³/mol. The lowest BCUT2D eigenvalue weighted by Crippen LogP contribution is -2.47. The predicted octanol–water partition coefficient (Wildman–Crippen LogP) is 5.29. The quantitative estimate of drug-likeness (QED) is 0.428. The Morgan fingerprint density at radius 2 is 1.43 bits per heavy atom. The van der Waals surface area contributed by atoms with Crippen LogP contribution in [-0.4, -0.2) is 37.6 Å². The number of rotatable bonds is 8. The Hall–Kier alpha value is -3.93. The lowest BCUT2D eigenvalue weighted by molar-refractivity contribution is -0.149. The van der Waals surface area contributed by atoms with E-state index < -0.39 is 24.0 Å². The highest BCUT2D eigenvalue weighted by molar-refractivity contribution is 5.93. The number of fused-ring (bicyclic) bond motifs is 3. The summed E-state index contributed by atoms with van der Waals surface area (Å²) in [5, 5.41) is 2.83. The molecule has 1 fully saturated rings. The minimum Gasteiger partial charge on any atom is -0.469 e. The van der Waals surface area contributed by atoms with Gasteiger partial charge in [-0.15, -0.1) is 0 Å². The summed E-state index contributed by atoms with van der Waals surface area (Å²) >= 11 is 0. The third-order valence-corrected chi connectivity index (χ3v) is 7.65. The van der Waals surface area contributed by atoms with Crippen molar-refractivity contribution in [2.24, 2.45) is 11.8 Å². The van der Waals surface area contributed by atoms with Crippen LogP contribution in [-0.2, 0) is 25.5 Å². The SMILES string of the molecule is COC(=O)[C@H]1CCCC1C(=O)[C@H](Cc1ccccc1)NC(=O)OCC1c2ccccc2-c2ccccc21. The first-order chi connectivity index (χ1) is 18.1. The smallest absolute Gasteiger partial charge is 0.407 e. The van der Waals surface area contributed by atoms with Gasteiger partial charge in [-0.2, -0.15) is 0 Å². The summed E-state index contributed by atoms with van der Waals surface area (Å²) in [6.45, 7) is 0.167. The Labute approximate surface area is 217 Å². The summed E-state index contributed by atoms with van der Waals surface area (Å²) in [5.74, 6) is -1.53. The second-order valence-corrected chi connectivity index (χ2v) is 9.78. The molecule has 6 nitrogen and oxygen atoms in total. The highest BCUT2D eigenvalue weighted by atomic mass is 16.5. The highest BCUT2D eigenvalue weighted by Gasteiger charge is 2.41. The van der Waals surface area contributed by atoms with Crippen LogP contribution in [0.25, 0.3) is 11.1 Å². The Kier molecular flexibility index (Phi) is 7.35. The summed E-state index contributed by atoms with van der Waals surface area (Å²) in [4.78, 5) is 39.0. The number of benzene rings is 3. The molecule has 6 heteroatoms. The standard InChI is InChI=1S/C31H31NO5/c1-36-30(34)26-17-9-16-25(26)29(33)28(18-20-10-3-2-4-11-20)32-31(35)37-19-27-23-14-7-5-12-21(23)22-13-6-8-15-24(22)27/h2-8,10-15,25-28H,9,16-19H2,1H3,(H,32,35)/t25?,26-,28-/m0/s1. The van der Waals surface area contributed by atoms with Crippen LogP contribution in [0.2, 0.25) is 0 Å². The van der Waals surface area contributed by atoms with Crippen molar-refractivity contribution in [3.05, 3.63) is 95.6 Å². The Balaban J connectivity index is 1.31. The van der Waals surface area contributed by atoms with Crippen LogP contribution >= 0.6 is 0 Å². The summed E-state index contributed by atoms with van der Waals surface area (Å²) in [6.07, 6.45) is 1.69. The van der Waals surface area contributed by atoms with Gasteiger partial charge in [-0.05, 0) is 47.1 Å². The average Bonchev–Trinajstić information content (AvgIpc) is 3.55. The summed E-state index contributed by atoms with van der Waals surface area (Å²) in [6, 6.07) is 25.1. The molecule has 0 bridgehead atoms. The number of amides is 1. The van der Waals surface area contributed by atoms with E-state index in [1.165, 1.54) is 7.11 Å². The largest absolute Gasteiger partial charge is 0.469 e. The number of hydrogen-bond donors (Lipinski definition) is 1. The fraction of sp³-hybridized carbons (Fsp3) is 0.323. The summed E-state index contributed by atoms with van der Waals surface area (Å²) in [5.41, 5.74) is 5.48. The van der Waals surface area contributed by atoms with Crippen LogP contribution in [0.1, 0.15) is 41.9 Å². The van der Waals surface area contributed by atoms with Crippen molar-refractivity contribution in [1.82, 2.24) is 5.32 Å². The Morgan fingerprint density at radius 3 is 2.08 bits per heavy atom. The molecule has 0 radical (unpaired) electrons. The van der Waals surface area contributed by atoms with Crippen molar-refractivity contribution in [2.75, 3.05) is 13.7 Å². The molecule has 1 unspecified atom stereocenters. The zero-order valence-corrected chi connectivity index (χ0v) is 20.9. The Bertz CT molecular complexity index is 1240. The van der Waals surface area contributed by atoms with E-state index in [9.17, 15) is 14.4 Å². The van der Waals surface area contributed by atoms with Crippen molar-refractivity contribution < 1.29 is 23.9 Å². The molecule has 3 aromatic rings. The average molecular weight is 498 g/mol. The number of esters is 1. The normalized spacial score (nSPS) is 18.9. The Morgan fingerprint density at radius 1 is 0.838 bits per heavy atom. The number of ketones is 1. The molecule has 1 amide bonds. The molecule has 3 aromatic carbocycles. The number of methoxy groups -OCH3 is 1. The number of ether oxygens (including phenoxy) is 2. The van der Waals surface area contributed by atoms with Gasteiger partial charge in [-0.3, -0.25) is 9.59 Å². The van der Waals surface area contributed by atoms with Gasteiger partial charge in [0.1, 0.15) is 6.61 Å². The van der Waals surface area contributed by atoms with Gasteiger partial charge in [0.15, 0.2) is 5.78 Å². The number of hydrogen-bond acceptors (Lipinski definition) is 5. The first-order valence-electron chi connectivity index (χ1n) is 12.8. The van der Waals surface area contributed by atoms with Crippen molar-refractivity contribution >= 4 is 17.8 Å². The molecule has 2 aliphatic rings. The van der Waals surface area contributed by atoms with E-state index in [1.54, 1.807) is 0 Å². The molecular weight excluding hydrogens is 466 g/mol. The molecule has 190 valence electrons. The molecular formula is C31H31NO5. The molecule has 37 heavy (non-hydrogen) atoms. The van der Waals surface area contributed by atoms with E-state index in [0.29, 0.717) is 19.3 Å². The maximum Gasteiger partial charge on any atom is 0.407 e. The minimum absolute atomic E-state index is 0.0695. The zero-order chi connectivity index (χ0) is 25.8. The maximum absolute atomic E-state index is 13.6. The maximum atomic E-state index is 13.6. The molecule has 0 aromatic heterocycles. The van der Waals surface area contributed by atoms with Gasteiger partial charge in [0.25, 0.3) is 0 Å². The molecule has 0 spiro atoms. The van der Waals surface area contributed by atoms with Crippen LogP contribution in [0.4, 0.5) is 4.79 Å². The van der Waals surface area contributed by atoms with Crippen molar-refractivity contribution in [3.8, 4) is 11.1 Å². The minimum atomic E-state index is -0.798. The highest BCUT2D eigenvalue weighted by Crippen LogP contribution is 2.44. The topological polar surface area (TPSA) is 81.7 Å². The number of nitrogens with one attached hydrogen (secondary N) is 1. The van der Waals surface area contributed by atoms with Gasteiger partial charge in [-0.25, -0.2) is 4.79 Å². The van der Waals surface area contributed by atoms with E-state index in [0.717, 1.165) is 34.2 Å². The van der Waals surface area contributed by atoms with Crippen molar-refractivity contribution in [1.29, 1.82) is 0 Å².